The van der Waals surface area contributed by atoms with Crippen LogP contribution in [0.3, 0.4) is 0 Å². The lowest BCUT2D eigenvalue weighted by Gasteiger charge is -2.21. The van der Waals surface area contributed by atoms with Crippen molar-refractivity contribution in [1.82, 2.24) is 10.6 Å². The number of amides is 2. The van der Waals surface area contributed by atoms with Crippen LogP contribution in [0, 0.1) is 5.92 Å². The monoisotopic (exact) mass is 452 g/mol. The number of thioether (sulfide) groups is 1. The van der Waals surface area contributed by atoms with Crippen molar-refractivity contribution in [2.45, 2.75) is 77.3 Å². The normalized spacial score (nSPS) is 15.2. The molecule has 0 aliphatic heterocycles. The average Bonchev–Trinajstić information content (AvgIpc) is 3.22. The third-order valence-corrected chi connectivity index (χ3v) is 6.78. The molecule has 1 fully saturated rings. The zero-order valence-electron chi connectivity index (χ0n) is 17.9. The topological polar surface area (TPSA) is 75.3 Å². The summed E-state index contributed by atoms with van der Waals surface area (Å²) < 4.78 is 0. The molecule has 0 saturated heterocycles. The fourth-order valence-corrected chi connectivity index (χ4v) is 4.46. The van der Waals surface area contributed by atoms with Crippen LogP contribution in [0.25, 0.3) is 0 Å². The first-order valence-electron chi connectivity index (χ1n) is 10.9. The summed E-state index contributed by atoms with van der Waals surface area (Å²) in [6.07, 6.45) is 7.53. The van der Waals surface area contributed by atoms with Gasteiger partial charge in [-0.3, -0.25) is 14.4 Å². The van der Waals surface area contributed by atoms with Gasteiger partial charge >= 0.3 is 0 Å². The van der Waals surface area contributed by atoms with Gasteiger partial charge in [-0.05, 0) is 49.9 Å². The van der Waals surface area contributed by atoms with Crippen molar-refractivity contribution in [3.8, 4) is 0 Å². The van der Waals surface area contributed by atoms with E-state index in [0.717, 1.165) is 50.7 Å². The molecular formula is C23H33ClN2O3S. The summed E-state index contributed by atoms with van der Waals surface area (Å²) in [5, 5.41) is 6.78. The molecule has 1 saturated carbocycles. The number of carbonyl (C=O) groups is 3. The number of rotatable bonds is 11. The summed E-state index contributed by atoms with van der Waals surface area (Å²) in [5.74, 6) is 0.485. The Morgan fingerprint density at radius 3 is 2.37 bits per heavy atom. The van der Waals surface area contributed by atoms with E-state index in [-0.39, 0.29) is 28.9 Å². The lowest BCUT2D eigenvalue weighted by Crippen LogP contribution is -2.49. The van der Waals surface area contributed by atoms with Crippen LogP contribution in [0.4, 0.5) is 0 Å². The van der Waals surface area contributed by atoms with Gasteiger partial charge in [0, 0.05) is 28.3 Å². The van der Waals surface area contributed by atoms with Gasteiger partial charge in [-0.25, -0.2) is 0 Å². The van der Waals surface area contributed by atoms with Crippen molar-refractivity contribution < 1.29 is 14.4 Å². The van der Waals surface area contributed by atoms with Crippen molar-refractivity contribution in [3.63, 3.8) is 0 Å². The van der Waals surface area contributed by atoms with Crippen molar-refractivity contribution in [1.29, 1.82) is 0 Å². The number of halogens is 1. The highest BCUT2D eigenvalue weighted by Crippen LogP contribution is 2.19. The van der Waals surface area contributed by atoms with E-state index in [4.69, 9.17) is 11.6 Å². The Kier molecular flexibility index (Phi) is 10.7. The molecule has 1 atom stereocenters. The number of benzene rings is 1. The third kappa shape index (κ3) is 8.68. The lowest BCUT2D eigenvalue weighted by molar-refractivity contribution is -0.123. The molecule has 5 nitrogen and oxygen atoms in total. The summed E-state index contributed by atoms with van der Waals surface area (Å²) >= 11 is 7.28. The Bertz CT molecular complexity index is 703. The predicted octanol–water partition coefficient (Wildman–Crippen LogP) is 4.97. The van der Waals surface area contributed by atoms with E-state index in [1.165, 1.54) is 11.8 Å². The van der Waals surface area contributed by atoms with Crippen molar-refractivity contribution in [3.05, 3.63) is 34.9 Å². The molecule has 0 radical (unpaired) electrons. The van der Waals surface area contributed by atoms with E-state index in [2.05, 4.69) is 10.6 Å². The van der Waals surface area contributed by atoms with Gasteiger partial charge in [0.2, 0.25) is 5.91 Å². The van der Waals surface area contributed by atoms with Crippen molar-refractivity contribution in [2.24, 2.45) is 5.92 Å². The lowest BCUT2D eigenvalue weighted by atomic mass is 10.1. The fraction of sp³-hybridized carbons (Fsp3) is 0.609. The van der Waals surface area contributed by atoms with Crippen LogP contribution in [0.15, 0.2) is 24.3 Å². The Labute approximate surface area is 189 Å². The Balaban J connectivity index is 1.85. The first-order chi connectivity index (χ1) is 14.4. The molecule has 1 aromatic carbocycles. The zero-order valence-corrected chi connectivity index (χ0v) is 19.5. The average molecular weight is 453 g/mol. The van der Waals surface area contributed by atoms with Gasteiger partial charge in [0.25, 0.3) is 5.91 Å². The molecule has 0 aromatic heterocycles. The summed E-state index contributed by atoms with van der Waals surface area (Å²) in [4.78, 5) is 37.1. The predicted molar refractivity (Wildman–Crippen MR) is 124 cm³/mol. The van der Waals surface area contributed by atoms with E-state index in [1.54, 1.807) is 24.3 Å². The second kappa shape index (κ2) is 13.0. The van der Waals surface area contributed by atoms with Gasteiger partial charge in [0.1, 0.15) is 6.04 Å². The second-order valence-electron chi connectivity index (χ2n) is 8.19. The van der Waals surface area contributed by atoms with E-state index in [1.807, 2.05) is 13.8 Å². The van der Waals surface area contributed by atoms with E-state index < -0.39 is 6.04 Å². The Morgan fingerprint density at radius 1 is 1.07 bits per heavy atom. The molecule has 2 amide bonds. The van der Waals surface area contributed by atoms with Crippen LogP contribution in [0.5, 0.6) is 0 Å². The highest BCUT2D eigenvalue weighted by atomic mass is 35.5. The van der Waals surface area contributed by atoms with Crippen molar-refractivity contribution in [2.75, 3.05) is 5.75 Å². The standard InChI is InChI=1S/C23H33ClN2O3S/c1-16(2)23(29)30-15-7-3-4-10-20(22(28)25-19-8-5-6-9-19)26-21(27)17-11-13-18(24)14-12-17/h11-14,16,19-20H,3-10,15H2,1-2H3,(H,25,28)(H,26,27)/t20-/m0/s1. The van der Waals surface area contributed by atoms with Crippen LogP contribution < -0.4 is 10.6 Å². The van der Waals surface area contributed by atoms with Crippen molar-refractivity contribution >= 4 is 40.3 Å². The van der Waals surface area contributed by atoms with Gasteiger partial charge < -0.3 is 10.6 Å². The van der Waals surface area contributed by atoms with E-state index >= 15 is 0 Å². The molecular weight excluding hydrogens is 420 g/mol. The SMILES string of the molecule is CC(C)C(=O)SCCCCC[C@H](NC(=O)c1ccc(Cl)cc1)C(=O)NC1CCCC1. The maximum atomic E-state index is 12.8. The minimum atomic E-state index is -0.557. The van der Waals surface area contributed by atoms with Crippen LogP contribution >= 0.6 is 23.4 Å². The molecule has 0 bridgehead atoms. The molecule has 2 rings (SSSR count). The maximum Gasteiger partial charge on any atom is 0.251 e. The first-order valence-corrected chi connectivity index (χ1v) is 12.3. The molecule has 1 aliphatic carbocycles. The number of unbranched alkanes of at least 4 members (excludes halogenated alkanes) is 2. The fourth-order valence-electron chi connectivity index (χ4n) is 3.45. The smallest absolute Gasteiger partial charge is 0.251 e. The summed E-state index contributed by atoms with van der Waals surface area (Å²) in [6.45, 7) is 3.82. The number of hydrogen-bond acceptors (Lipinski definition) is 4. The quantitative estimate of drug-likeness (QED) is 0.464. The minimum Gasteiger partial charge on any atom is -0.352 e. The van der Waals surface area contributed by atoms with Gasteiger partial charge in [-0.15, -0.1) is 0 Å². The van der Waals surface area contributed by atoms with E-state index in [9.17, 15) is 14.4 Å². The van der Waals surface area contributed by atoms with Gasteiger partial charge in [0.15, 0.2) is 5.12 Å². The van der Waals surface area contributed by atoms with Crippen LogP contribution in [-0.4, -0.2) is 34.8 Å². The number of nitrogens with one attached hydrogen (secondary N) is 2. The van der Waals surface area contributed by atoms with Gasteiger partial charge in [-0.2, -0.15) is 0 Å². The largest absolute Gasteiger partial charge is 0.352 e. The molecule has 0 heterocycles. The molecule has 2 N–H and O–H groups in total. The summed E-state index contributed by atoms with van der Waals surface area (Å²) in [5.41, 5.74) is 0.488. The molecule has 1 aliphatic rings. The van der Waals surface area contributed by atoms with Crippen LogP contribution in [0.1, 0.15) is 75.6 Å². The van der Waals surface area contributed by atoms with Gasteiger partial charge in [0.05, 0.1) is 0 Å². The highest BCUT2D eigenvalue weighted by Gasteiger charge is 2.25. The van der Waals surface area contributed by atoms with Crippen LogP contribution in [0.2, 0.25) is 5.02 Å². The molecule has 0 spiro atoms. The second-order valence-corrected chi connectivity index (χ2v) is 9.73. The Hall–Kier alpha value is -1.53. The summed E-state index contributed by atoms with van der Waals surface area (Å²) in [7, 11) is 0. The maximum absolute atomic E-state index is 12.8. The Morgan fingerprint density at radius 2 is 1.73 bits per heavy atom. The molecule has 0 unspecified atom stereocenters. The molecule has 30 heavy (non-hydrogen) atoms. The first kappa shape index (κ1) is 24.7. The highest BCUT2D eigenvalue weighted by molar-refractivity contribution is 8.13. The minimum absolute atomic E-state index is 0.0572. The third-order valence-electron chi connectivity index (χ3n) is 5.28. The number of hydrogen-bond donors (Lipinski definition) is 2. The van der Waals surface area contributed by atoms with Crippen LogP contribution in [-0.2, 0) is 9.59 Å². The summed E-state index contributed by atoms with van der Waals surface area (Å²) in [6, 6.07) is 6.31. The molecule has 7 heteroatoms. The van der Waals surface area contributed by atoms with E-state index in [0.29, 0.717) is 17.0 Å². The molecule has 166 valence electrons. The zero-order chi connectivity index (χ0) is 21.9. The van der Waals surface area contributed by atoms with Gasteiger partial charge in [-0.1, -0.05) is 62.9 Å². The molecule has 1 aromatic rings. The number of carbonyl (C=O) groups excluding carboxylic acids is 3.